The zero-order chi connectivity index (χ0) is 32.5. The summed E-state index contributed by atoms with van der Waals surface area (Å²) in [6.07, 6.45) is 0.358. The summed E-state index contributed by atoms with van der Waals surface area (Å²) in [4.78, 5) is 42.8. The molecule has 1 aromatic heterocycles. The number of hydrogen-bond acceptors (Lipinski definition) is 11. The number of halogens is 2. The van der Waals surface area contributed by atoms with Gasteiger partial charge in [0, 0.05) is 22.6 Å². The molecule has 0 bridgehead atoms. The molecule has 5 rings (SSSR count). The summed E-state index contributed by atoms with van der Waals surface area (Å²) in [7, 11) is 3.43. The molecule has 0 amide bonds. The minimum atomic E-state index is -2.61. The van der Waals surface area contributed by atoms with Gasteiger partial charge in [-0.15, -0.1) is 0 Å². The second-order valence-corrected chi connectivity index (χ2v) is 13.6. The molecule has 0 radical (unpaired) electrons. The first-order valence-electron chi connectivity index (χ1n) is 14.5. The number of carbonyl (C=O) groups excluding carboxylic acids is 3. The van der Waals surface area contributed by atoms with Gasteiger partial charge < -0.3 is 28.9 Å². The second kappa shape index (κ2) is 11.3. The number of aliphatic hydroxyl groups is 2. The maximum Gasteiger partial charge on any atom is 0.514 e. The molecule has 0 aliphatic heterocycles. The van der Waals surface area contributed by atoms with E-state index < -0.39 is 58.4 Å². The Hall–Kier alpha value is -3.29. The largest absolute Gasteiger partial charge is 0.514 e. The molecule has 11 nitrogen and oxygen atoms in total. The monoisotopic (exact) mass is 678 g/mol. The van der Waals surface area contributed by atoms with Gasteiger partial charge in [0.15, 0.2) is 17.1 Å². The Balaban J connectivity index is 1.66. The van der Waals surface area contributed by atoms with Crippen molar-refractivity contribution in [2.75, 3.05) is 20.7 Å². The van der Waals surface area contributed by atoms with Crippen LogP contribution in [-0.4, -0.2) is 69.9 Å². The Kier molecular flexibility index (Phi) is 8.21. The van der Waals surface area contributed by atoms with Crippen molar-refractivity contribution in [1.29, 1.82) is 0 Å². The van der Waals surface area contributed by atoms with Crippen LogP contribution in [0.2, 0.25) is 0 Å². The topological polar surface area (TPSA) is 149 Å². The Morgan fingerprint density at radius 2 is 1.91 bits per heavy atom. The molecule has 1 saturated carbocycles. The fraction of sp³-hybridized carbons (Fsp3) is 0.548. The highest BCUT2D eigenvalue weighted by Gasteiger charge is 2.65. The number of ether oxygens (including phenoxy) is 3. The number of aliphatic hydroxyl groups excluding tert-OH is 1. The number of benzene rings is 1. The Morgan fingerprint density at radius 3 is 2.52 bits per heavy atom. The van der Waals surface area contributed by atoms with Crippen molar-refractivity contribution in [3.63, 3.8) is 0 Å². The van der Waals surface area contributed by atoms with Gasteiger partial charge in [0.2, 0.25) is 11.6 Å². The summed E-state index contributed by atoms with van der Waals surface area (Å²) < 4.78 is 37.9. The normalized spacial score (nSPS) is 24.5. The Bertz CT molecular complexity index is 1590. The van der Waals surface area contributed by atoms with Gasteiger partial charge in [0.1, 0.15) is 22.7 Å². The van der Waals surface area contributed by atoms with Crippen molar-refractivity contribution in [1.82, 2.24) is 10.1 Å². The molecular formula is C31H36BrFN2O9. The van der Waals surface area contributed by atoms with Crippen LogP contribution in [0.1, 0.15) is 85.8 Å². The highest BCUT2D eigenvalue weighted by atomic mass is 79.9. The molecule has 0 saturated heterocycles. The van der Waals surface area contributed by atoms with Gasteiger partial charge in [-0.05, 0) is 88.1 Å². The highest BCUT2D eigenvalue weighted by molar-refractivity contribution is 9.10. The average Bonchev–Trinajstić information content (AvgIpc) is 3.34. The molecule has 0 spiro atoms. The van der Waals surface area contributed by atoms with E-state index >= 15 is 4.39 Å². The Morgan fingerprint density at radius 1 is 1.23 bits per heavy atom. The lowest BCUT2D eigenvalue weighted by atomic mass is 9.57. The fourth-order valence-electron chi connectivity index (χ4n) is 6.47. The van der Waals surface area contributed by atoms with Crippen LogP contribution in [-0.2, 0) is 16.0 Å². The van der Waals surface area contributed by atoms with Crippen molar-refractivity contribution in [3.05, 3.63) is 43.9 Å². The third-order valence-electron chi connectivity index (χ3n) is 8.45. The predicted molar refractivity (Wildman–Crippen MR) is 158 cm³/mol. The van der Waals surface area contributed by atoms with Crippen molar-refractivity contribution in [2.24, 2.45) is 11.8 Å². The van der Waals surface area contributed by atoms with E-state index in [0.717, 1.165) is 6.42 Å². The van der Waals surface area contributed by atoms with E-state index in [0.29, 0.717) is 6.42 Å². The maximum atomic E-state index is 15.8. The van der Waals surface area contributed by atoms with Crippen LogP contribution in [0.15, 0.2) is 14.6 Å². The number of ketones is 2. The van der Waals surface area contributed by atoms with Crippen LogP contribution in [0, 0.1) is 24.6 Å². The van der Waals surface area contributed by atoms with Gasteiger partial charge in [-0.25, -0.2) is 9.18 Å². The zero-order valence-corrected chi connectivity index (χ0v) is 27.3. The molecule has 1 fully saturated rings. The number of carbonyl (C=O) groups is 3. The standard InChI is InChI=1S/C31H36BrFN2O9/c1-8-9-10-41-28-19-25(44-34-28)22(35(6)7)16-12-14-11-15-18(23(36)17(14)26(37)31(16,40)27(19)38)24(20(32)13(2)21(15)33)42-29(39)43-30(3,4)5/h14,16,22,36,40H,8-12H2,1-7H3/t14-,16-,22-,31-/m0/s1. The summed E-state index contributed by atoms with van der Waals surface area (Å²) in [6.45, 7) is 8.61. The minimum absolute atomic E-state index is 0.0264. The fourth-order valence-corrected chi connectivity index (χ4v) is 6.92. The summed E-state index contributed by atoms with van der Waals surface area (Å²) in [5.74, 6) is -5.29. The number of unbranched alkanes of at least 4 members (excludes halogenated alkanes) is 1. The lowest BCUT2D eigenvalue weighted by Gasteiger charge is -2.49. The van der Waals surface area contributed by atoms with Crippen LogP contribution in [0.3, 0.4) is 0 Å². The van der Waals surface area contributed by atoms with Gasteiger partial charge in [-0.2, -0.15) is 0 Å². The molecule has 2 N–H and O–H groups in total. The molecule has 44 heavy (non-hydrogen) atoms. The molecular weight excluding hydrogens is 643 g/mol. The van der Waals surface area contributed by atoms with Crippen molar-refractivity contribution < 1.29 is 47.7 Å². The van der Waals surface area contributed by atoms with E-state index in [1.54, 1.807) is 39.8 Å². The van der Waals surface area contributed by atoms with Gasteiger partial charge in [0.05, 0.1) is 22.7 Å². The first-order valence-corrected chi connectivity index (χ1v) is 15.3. The van der Waals surface area contributed by atoms with E-state index in [-0.39, 0.29) is 69.1 Å². The van der Waals surface area contributed by atoms with Crippen molar-refractivity contribution >= 4 is 39.4 Å². The molecule has 13 heteroatoms. The van der Waals surface area contributed by atoms with Crippen LogP contribution in [0.5, 0.6) is 11.6 Å². The molecule has 3 aliphatic carbocycles. The van der Waals surface area contributed by atoms with E-state index in [1.165, 1.54) is 6.92 Å². The van der Waals surface area contributed by atoms with Gasteiger partial charge in [-0.1, -0.05) is 13.3 Å². The minimum Gasteiger partial charge on any atom is -0.507 e. The summed E-state index contributed by atoms with van der Waals surface area (Å²) >= 11 is 3.26. The molecule has 2 aromatic rings. The predicted octanol–water partition coefficient (Wildman–Crippen LogP) is 5.64. The number of Topliss-reactive ketones (excluding diaryl/α,β-unsaturated/α-hetero) is 2. The number of hydrogen-bond donors (Lipinski definition) is 2. The third-order valence-corrected chi connectivity index (χ3v) is 9.40. The van der Waals surface area contributed by atoms with E-state index in [9.17, 15) is 24.6 Å². The van der Waals surface area contributed by atoms with E-state index in [4.69, 9.17) is 18.7 Å². The first-order chi connectivity index (χ1) is 20.5. The molecule has 4 atom stereocenters. The molecule has 1 heterocycles. The van der Waals surface area contributed by atoms with E-state index in [1.807, 2.05) is 6.92 Å². The summed E-state index contributed by atoms with van der Waals surface area (Å²) in [6, 6.07) is -0.764. The lowest BCUT2D eigenvalue weighted by Crippen LogP contribution is -2.63. The number of nitrogens with zero attached hydrogens (tertiary/aromatic N) is 2. The number of rotatable bonds is 6. The quantitative estimate of drug-likeness (QED) is 0.169. The van der Waals surface area contributed by atoms with E-state index in [2.05, 4.69) is 21.1 Å². The smallest absolute Gasteiger partial charge is 0.507 e. The number of fused-ring (bicyclic) bond motifs is 4. The van der Waals surface area contributed by atoms with Crippen LogP contribution >= 0.6 is 15.9 Å². The molecule has 3 aliphatic rings. The molecule has 0 unspecified atom stereocenters. The molecule has 238 valence electrons. The van der Waals surface area contributed by atoms with Crippen molar-refractivity contribution in [3.8, 4) is 11.6 Å². The van der Waals surface area contributed by atoms with Gasteiger partial charge in [-0.3, -0.25) is 14.5 Å². The van der Waals surface area contributed by atoms with Gasteiger partial charge in [0.25, 0.3) is 5.88 Å². The van der Waals surface area contributed by atoms with Crippen LogP contribution < -0.4 is 9.47 Å². The first kappa shape index (κ1) is 32.1. The van der Waals surface area contributed by atoms with Gasteiger partial charge >= 0.3 is 6.16 Å². The van der Waals surface area contributed by atoms with Crippen molar-refractivity contribution in [2.45, 2.75) is 77.5 Å². The summed E-state index contributed by atoms with van der Waals surface area (Å²) in [5.41, 5.74) is -3.97. The van der Waals surface area contributed by atoms with Crippen LogP contribution in [0.25, 0.3) is 5.76 Å². The number of aromatic nitrogens is 1. The molecule has 1 aromatic carbocycles. The zero-order valence-electron chi connectivity index (χ0n) is 25.7. The second-order valence-electron chi connectivity index (χ2n) is 12.8. The van der Waals surface area contributed by atoms with Crippen LogP contribution in [0.4, 0.5) is 9.18 Å². The Labute approximate surface area is 262 Å². The lowest BCUT2D eigenvalue weighted by molar-refractivity contribution is -0.142. The maximum absolute atomic E-state index is 15.8. The highest BCUT2D eigenvalue weighted by Crippen LogP contribution is 2.57. The summed E-state index contributed by atoms with van der Waals surface area (Å²) in [5, 5.41) is 27.7. The third kappa shape index (κ3) is 4.93. The SMILES string of the molecule is CCCCOc1noc2c1C(=O)[C@@]1(O)C(=O)C3=C(O)c4c(c(F)c(C)c(Br)c4OC(=O)OC(C)(C)C)C[C@H]3C[C@H]1[C@@H]2N(C)C. The average molecular weight is 680 g/mol.